The summed E-state index contributed by atoms with van der Waals surface area (Å²) < 4.78 is 30.3. The number of hydrogen-bond acceptors (Lipinski definition) is 2. The summed E-state index contributed by atoms with van der Waals surface area (Å²) in [5, 5.41) is 10.7. The number of aliphatic carboxylic acids is 1. The van der Waals surface area contributed by atoms with Crippen LogP contribution in [0, 0.1) is 18.6 Å². The molecule has 3 unspecified atom stereocenters. The van der Waals surface area contributed by atoms with Gasteiger partial charge in [0.05, 0.1) is 6.42 Å². The van der Waals surface area contributed by atoms with E-state index in [1.165, 1.54) is 34.3 Å². The summed E-state index contributed by atoms with van der Waals surface area (Å²) in [4.78, 5) is 14.1. The largest absolute Gasteiger partial charge is 0.481 e. The SMILES string of the molecule is Cc1ccc2c(c1)c1c(n2CC(CC(=O)O)c2ccc(F)cc2F)CC2CCC1N2C. The smallest absolute Gasteiger partial charge is 0.304 e. The van der Waals surface area contributed by atoms with Crippen LogP contribution in [0.25, 0.3) is 10.9 Å². The van der Waals surface area contributed by atoms with E-state index < -0.39 is 23.5 Å². The van der Waals surface area contributed by atoms with Crippen LogP contribution in [0.2, 0.25) is 0 Å². The summed E-state index contributed by atoms with van der Waals surface area (Å²) in [7, 11) is 2.19. The fourth-order valence-electron chi connectivity index (χ4n) is 5.71. The first kappa shape index (κ1) is 20.2. The van der Waals surface area contributed by atoms with Crippen LogP contribution in [-0.2, 0) is 17.8 Å². The summed E-state index contributed by atoms with van der Waals surface area (Å²) in [6, 6.07) is 10.6. The zero-order valence-corrected chi connectivity index (χ0v) is 17.7. The standard InChI is InChI=1S/C25H26F2N2O2/c1-14-3-7-21-19(9-14)25-22-8-5-17(28(22)2)12-23(25)29(21)13-15(10-24(30)31)18-6-4-16(26)11-20(18)27/h3-4,6-7,9,11,15,17,22H,5,8,10,12-13H2,1-2H3,(H,30,31). The van der Waals surface area contributed by atoms with Crippen LogP contribution in [-0.4, -0.2) is 33.6 Å². The summed E-state index contributed by atoms with van der Waals surface area (Å²) in [5.74, 6) is -2.92. The van der Waals surface area contributed by atoms with E-state index in [-0.39, 0.29) is 12.0 Å². The molecule has 3 heterocycles. The van der Waals surface area contributed by atoms with E-state index in [2.05, 4.69) is 41.6 Å². The highest BCUT2D eigenvalue weighted by molar-refractivity contribution is 5.87. The molecule has 3 aromatic rings. The third-order valence-corrected chi connectivity index (χ3v) is 7.20. The van der Waals surface area contributed by atoms with Gasteiger partial charge in [0.2, 0.25) is 0 Å². The van der Waals surface area contributed by atoms with Gasteiger partial charge in [-0.05, 0) is 56.1 Å². The molecule has 0 radical (unpaired) electrons. The molecule has 0 amide bonds. The minimum absolute atomic E-state index is 0.213. The molecule has 0 spiro atoms. The second-order valence-electron chi connectivity index (χ2n) is 9.07. The summed E-state index contributed by atoms with van der Waals surface area (Å²) in [5.41, 5.74) is 5.08. The third-order valence-electron chi connectivity index (χ3n) is 7.20. The number of benzene rings is 2. The highest BCUT2D eigenvalue weighted by Gasteiger charge is 2.41. The van der Waals surface area contributed by atoms with Crippen LogP contribution in [0.5, 0.6) is 0 Å². The number of carboxylic acid groups (broad SMARTS) is 1. The van der Waals surface area contributed by atoms with E-state index in [0.717, 1.165) is 30.8 Å². The van der Waals surface area contributed by atoms with Crippen LogP contribution in [0.1, 0.15) is 53.6 Å². The molecule has 4 nitrogen and oxygen atoms in total. The zero-order chi connectivity index (χ0) is 21.9. The lowest BCUT2D eigenvalue weighted by Gasteiger charge is -2.33. The number of aromatic nitrogens is 1. The molecule has 2 aromatic carbocycles. The summed E-state index contributed by atoms with van der Waals surface area (Å²) >= 11 is 0. The molecular weight excluding hydrogens is 398 g/mol. The zero-order valence-electron chi connectivity index (χ0n) is 17.7. The van der Waals surface area contributed by atoms with Gasteiger partial charge in [0.1, 0.15) is 11.6 Å². The molecule has 2 aliphatic rings. The number of rotatable bonds is 5. The van der Waals surface area contributed by atoms with E-state index in [9.17, 15) is 18.7 Å². The number of carboxylic acids is 1. The second-order valence-corrected chi connectivity index (χ2v) is 9.07. The van der Waals surface area contributed by atoms with E-state index in [0.29, 0.717) is 18.6 Å². The van der Waals surface area contributed by atoms with Crippen LogP contribution < -0.4 is 0 Å². The lowest BCUT2D eigenvalue weighted by molar-refractivity contribution is -0.137. The number of carbonyl (C=O) groups is 1. The van der Waals surface area contributed by atoms with Gasteiger partial charge in [-0.15, -0.1) is 0 Å². The Balaban J connectivity index is 1.66. The minimum atomic E-state index is -0.991. The second kappa shape index (κ2) is 7.45. The molecule has 2 bridgehead atoms. The van der Waals surface area contributed by atoms with Gasteiger partial charge in [-0.25, -0.2) is 8.78 Å². The molecular formula is C25H26F2N2O2. The molecule has 0 saturated carbocycles. The van der Waals surface area contributed by atoms with Crippen molar-refractivity contribution in [2.24, 2.45) is 0 Å². The Labute approximate surface area is 180 Å². The third kappa shape index (κ3) is 3.33. The lowest BCUT2D eigenvalue weighted by atomic mass is 9.94. The fraction of sp³-hybridized carbons (Fsp3) is 0.400. The van der Waals surface area contributed by atoms with Crippen molar-refractivity contribution in [3.05, 3.63) is 70.4 Å². The van der Waals surface area contributed by atoms with Gasteiger partial charge >= 0.3 is 5.97 Å². The number of likely N-dealkylation sites (N-methyl/N-ethyl adjacent to an activating group) is 1. The normalized spacial score (nSPS) is 21.4. The van der Waals surface area contributed by atoms with Crippen molar-refractivity contribution in [2.45, 2.75) is 57.2 Å². The van der Waals surface area contributed by atoms with Gasteiger partial charge < -0.3 is 9.67 Å². The first-order valence-corrected chi connectivity index (χ1v) is 10.8. The van der Waals surface area contributed by atoms with E-state index in [4.69, 9.17) is 0 Å². The first-order chi connectivity index (χ1) is 14.8. The maximum atomic E-state index is 14.6. The number of hydrogen-bond donors (Lipinski definition) is 1. The quantitative estimate of drug-likeness (QED) is 0.614. The lowest BCUT2D eigenvalue weighted by Crippen LogP contribution is -2.35. The van der Waals surface area contributed by atoms with E-state index in [1.54, 1.807) is 0 Å². The fourth-order valence-corrected chi connectivity index (χ4v) is 5.71. The number of aryl methyl sites for hydroxylation is 1. The maximum absolute atomic E-state index is 14.6. The Hall–Kier alpha value is -2.73. The Morgan fingerprint density at radius 2 is 2.00 bits per heavy atom. The summed E-state index contributed by atoms with van der Waals surface area (Å²) in [6.45, 7) is 2.43. The van der Waals surface area contributed by atoms with Crippen LogP contribution in [0.3, 0.4) is 0 Å². The molecule has 1 aromatic heterocycles. The van der Waals surface area contributed by atoms with Crippen molar-refractivity contribution < 1.29 is 18.7 Å². The molecule has 6 heteroatoms. The molecule has 0 aliphatic carbocycles. The van der Waals surface area contributed by atoms with Crippen molar-refractivity contribution >= 4 is 16.9 Å². The Morgan fingerprint density at radius 1 is 1.19 bits per heavy atom. The Morgan fingerprint density at radius 3 is 2.74 bits per heavy atom. The number of halogens is 2. The molecule has 1 saturated heterocycles. The number of nitrogens with zero attached hydrogens (tertiary/aromatic N) is 2. The molecule has 162 valence electrons. The minimum Gasteiger partial charge on any atom is -0.481 e. The van der Waals surface area contributed by atoms with Crippen LogP contribution >= 0.6 is 0 Å². The van der Waals surface area contributed by atoms with Gasteiger partial charge in [0, 0.05) is 53.6 Å². The van der Waals surface area contributed by atoms with Crippen molar-refractivity contribution in [1.82, 2.24) is 9.47 Å². The summed E-state index contributed by atoms with van der Waals surface area (Å²) in [6.07, 6.45) is 2.96. The molecule has 3 atom stereocenters. The molecule has 2 aliphatic heterocycles. The van der Waals surface area contributed by atoms with Crippen molar-refractivity contribution in [3.8, 4) is 0 Å². The predicted octanol–water partition coefficient (Wildman–Crippen LogP) is 5.18. The van der Waals surface area contributed by atoms with Gasteiger partial charge in [-0.1, -0.05) is 17.7 Å². The molecule has 1 fully saturated rings. The molecule has 1 N–H and O–H groups in total. The Bertz CT molecular complexity index is 1190. The van der Waals surface area contributed by atoms with Crippen molar-refractivity contribution in [1.29, 1.82) is 0 Å². The van der Waals surface area contributed by atoms with Crippen molar-refractivity contribution in [2.75, 3.05) is 7.05 Å². The van der Waals surface area contributed by atoms with Crippen LogP contribution in [0.15, 0.2) is 36.4 Å². The maximum Gasteiger partial charge on any atom is 0.304 e. The van der Waals surface area contributed by atoms with Gasteiger partial charge in [-0.3, -0.25) is 9.69 Å². The molecule has 31 heavy (non-hydrogen) atoms. The van der Waals surface area contributed by atoms with E-state index >= 15 is 0 Å². The monoisotopic (exact) mass is 424 g/mol. The predicted molar refractivity (Wildman–Crippen MR) is 115 cm³/mol. The highest BCUT2D eigenvalue weighted by atomic mass is 19.1. The number of fused-ring (bicyclic) bond motifs is 6. The van der Waals surface area contributed by atoms with E-state index in [1.807, 2.05) is 0 Å². The van der Waals surface area contributed by atoms with Crippen LogP contribution in [0.4, 0.5) is 8.78 Å². The Kier molecular flexibility index (Phi) is 4.85. The first-order valence-electron chi connectivity index (χ1n) is 10.8. The average molecular weight is 424 g/mol. The van der Waals surface area contributed by atoms with Crippen molar-refractivity contribution in [3.63, 3.8) is 0 Å². The topological polar surface area (TPSA) is 45.5 Å². The molecule has 5 rings (SSSR count). The van der Waals surface area contributed by atoms with Gasteiger partial charge in [-0.2, -0.15) is 0 Å². The average Bonchev–Trinajstić information content (AvgIpc) is 3.11. The highest BCUT2D eigenvalue weighted by Crippen LogP contribution is 2.47. The van der Waals surface area contributed by atoms with Gasteiger partial charge in [0.15, 0.2) is 0 Å². The van der Waals surface area contributed by atoms with Gasteiger partial charge in [0.25, 0.3) is 0 Å².